The van der Waals surface area contributed by atoms with Crippen molar-refractivity contribution in [2.75, 3.05) is 5.32 Å². The lowest BCUT2D eigenvalue weighted by atomic mass is 9.99. The molecule has 4 heterocycles. The Morgan fingerprint density at radius 3 is 1.68 bits per heavy atom. The quantitative estimate of drug-likeness (QED) is 0.116. The van der Waals surface area contributed by atoms with Gasteiger partial charge in [-0.3, -0.25) is 24.0 Å². The van der Waals surface area contributed by atoms with Crippen LogP contribution in [0, 0.1) is 0 Å². The van der Waals surface area contributed by atoms with Crippen molar-refractivity contribution in [1.82, 2.24) is 21.3 Å². The molecule has 5 unspecified atom stereocenters. The molecule has 2 aliphatic rings. The van der Waals surface area contributed by atoms with Crippen LogP contribution in [0.25, 0.3) is 11.1 Å². The molecule has 5 aromatic rings. The number of fused-ring (bicyclic) bond motifs is 18. The highest BCUT2D eigenvalue weighted by atomic mass is 32.1. The second-order valence-corrected chi connectivity index (χ2v) is 15.7. The van der Waals surface area contributed by atoms with Gasteiger partial charge in [0, 0.05) is 41.1 Å². The minimum Gasteiger partial charge on any atom is -0.480 e. The molecule has 13 nitrogen and oxygen atoms in total. The van der Waals surface area contributed by atoms with Crippen LogP contribution in [0.3, 0.4) is 0 Å². The Morgan fingerprint density at radius 2 is 1.12 bits per heavy atom. The molecule has 2 bridgehead atoms. The van der Waals surface area contributed by atoms with Crippen molar-refractivity contribution in [3.8, 4) is 11.1 Å². The van der Waals surface area contributed by atoms with E-state index in [1.54, 1.807) is 36.4 Å². The summed E-state index contributed by atoms with van der Waals surface area (Å²) in [4.78, 5) is 82.4. The molecular formula is C42H41N5O8S2. The molecule has 0 saturated carbocycles. The van der Waals surface area contributed by atoms with E-state index in [0.717, 1.165) is 20.9 Å². The summed E-state index contributed by atoms with van der Waals surface area (Å²) < 4.78 is 0. The molecule has 0 aliphatic carbocycles. The number of amides is 5. The van der Waals surface area contributed by atoms with E-state index in [1.807, 2.05) is 65.4 Å². The highest BCUT2D eigenvalue weighted by molar-refractivity contribution is 7.10. The molecule has 57 heavy (non-hydrogen) atoms. The number of anilines is 1. The summed E-state index contributed by atoms with van der Waals surface area (Å²) in [6.07, 6.45) is -2.47. The summed E-state index contributed by atoms with van der Waals surface area (Å²) in [7, 11) is 0. The van der Waals surface area contributed by atoms with Gasteiger partial charge in [-0.25, -0.2) is 4.79 Å². The summed E-state index contributed by atoms with van der Waals surface area (Å²) in [6, 6.07) is 25.4. The molecule has 2 aliphatic heterocycles. The number of aliphatic hydroxyl groups is 1. The van der Waals surface area contributed by atoms with Crippen LogP contribution in [0.1, 0.15) is 27.3 Å². The molecule has 0 fully saturated rings. The van der Waals surface area contributed by atoms with Gasteiger partial charge < -0.3 is 36.8 Å². The van der Waals surface area contributed by atoms with E-state index >= 15 is 0 Å². The summed E-state index contributed by atoms with van der Waals surface area (Å²) in [6.45, 7) is 0. The number of carboxylic acid groups (broad SMARTS) is 1. The fraction of sp³-hybridized carbons (Fsp3) is 0.238. The van der Waals surface area contributed by atoms with Crippen LogP contribution in [0.15, 0.2) is 114 Å². The number of thiophene rings is 2. The third-order valence-corrected chi connectivity index (χ3v) is 11.1. The average molecular weight is 808 g/mol. The van der Waals surface area contributed by atoms with Crippen molar-refractivity contribution in [2.24, 2.45) is 0 Å². The molecule has 0 spiro atoms. The molecule has 7 N–H and O–H groups in total. The Bertz CT molecular complexity index is 2160. The van der Waals surface area contributed by atoms with Crippen molar-refractivity contribution >= 4 is 63.9 Å². The molecule has 0 radical (unpaired) electrons. The number of rotatable bonds is 8. The average Bonchev–Trinajstić information content (AvgIpc) is 3.93. The van der Waals surface area contributed by atoms with Gasteiger partial charge in [0.1, 0.15) is 30.3 Å². The zero-order valence-electron chi connectivity index (χ0n) is 30.6. The Labute approximate surface area is 336 Å². The first-order chi connectivity index (χ1) is 27.5. The minimum absolute atomic E-state index is 0.00783. The van der Waals surface area contributed by atoms with E-state index in [-0.39, 0.29) is 31.4 Å². The van der Waals surface area contributed by atoms with Gasteiger partial charge in [0.2, 0.25) is 23.6 Å². The number of aliphatic carboxylic acids is 1. The van der Waals surface area contributed by atoms with Crippen molar-refractivity contribution in [3.63, 3.8) is 0 Å². The van der Waals surface area contributed by atoms with Crippen LogP contribution in [0.5, 0.6) is 0 Å². The molecule has 5 atom stereocenters. The zero-order valence-corrected chi connectivity index (χ0v) is 32.2. The fourth-order valence-corrected chi connectivity index (χ4v) is 7.82. The summed E-state index contributed by atoms with van der Waals surface area (Å²) >= 11 is 2.72. The summed E-state index contributed by atoms with van der Waals surface area (Å²) in [5, 5.41) is 37.7. The molecular weight excluding hydrogens is 767 g/mol. The van der Waals surface area contributed by atoms with E-state index in [4.69, 9.17) is 0 Å². The third kappa shape index (κ3) is 11.4. The van der Waals surface area contributed by atoms with Gasteiger partial charge in [-0.15, -0.1) is 22.7 Å². The van der Waals surface area contributed by atoms with E-state index in [0.29, 0.717) is 11.1 Å². The van der Waals surface area contributed by atoms with Crippen molar-refractivity contribution in [2.45, 2.75) is 62.4 Å². The van der Waals surface area contributed by atoms with Gasteiger partial charge in [0.25, 0.3) is 5.91 Å². The van der Waals surface area contributed by atoms with Crippen LogP contribution in [-0.2, 0) is 54.5 Å². The first-order valence-electron chi connectivity index (χ1n) is 18.2. The number of hydrogen-bond donors (Lipinski definition) is 7. The Kier molecular flexibility index (Phi) is 13.6. The van der Waals surface area contributed by atoms with E-state index < -0.39 is 72.2 Å². The lowest BCUT2D eigenvalue weighted by molar-refractivity contribution is -0.142. The maximum atomic E-state index is 14.3. The maximum absolute atomic E-state index is 14.3. The highest BCUT2D eigenvalue weighted by Gasteiger charge is 2.33. The lowest BCUT2D eigenvalue weighted by Gasteiger charge is -2.26. The predicted molar refractivity (Wildman–Crippen MR) is 216 cm³/mol. The monoisotopic (exact) mass is 807 g/mol. The van der Waals surface area contributed by atoms with Gasteiger partial charge in [-0.05, 0) is 57.3 Å². The Morgan fingerprint density at radius 1 is 0.579 bits per heavy atom. The minimum atomic E-state index is -1.77. The smallest absolute Gasteiger partial charge is 0.326 e. The number of carbonyl (C=O) groups is 6. The van der Waals surface area contributed by atoms with Gasteiger partial charge in [0.05, 0.1) is 6.42 Å². The second kappa shape index (κ2) is 19.1. The zero-order chi connectivity index (χ0) is 40.3. The Balaban J connectivity index is 1.34. The fourth-order valence-electron chi connectivity index (χ4n) is 6.31. The van der Waals surface area contributed by atoms with Gasteiger partial charge in [0.15, 0.2) is 0 Å². The predicted octanol–water partition coefficient (Wildman–Crippen LogP) is 3.47. The first-order valence-corrected chi connectivity index (χ1v) is 20.0. The van der Waals surface area contributed by atoms with Crippen LogP contribution in [-0.4, -0.2) is 76.0 Å². The van der Waals surface area contributed by atoms with Crippen molar-refractivity contribution < 1.29 is 39.0 Å². The normalized spacial score (nSPS) is 21.3. The van der Waals surface area contributed by atoms with Gasteiger partial charge in [-0.1, -0.05) is 78.9 Å². The third-order valence-electron chi connectivity index (χ3n) is 9.35. The van der Waals surface area contributed by atoms with Gasteiger partial charge in [-0.2, -0.15) is 0 Å². The van der Waals surface area contributed by atoms with Crippen LogP contribution in [0.4, 0.5) is 5.69 Å². The van der Waals surface area contributed by atoms with Crippen molar-refractivity contribution in [1.29, 1.82) is 0 Å². The lowest BCUT2D eigenvalue weighted by Crippen LogP contribution is -2.59. The second-order valence-electron chi connectivity index (χ2n) is 13.6. The van der Waals surface area contributed by atoms with Gasteiger partial charge >= 0.3 is 5.97 Å². The SMILES string of the molecule is O=C1CC(O)C(=O)Nc2ccc(cc2)CC(C(=O)O)NC(=O)C(Cc2cccs2)NC(=O)C(Cc2ccc(-c3ccccc3)cc2)NC(=O)C(Cc2cccs2)N1. The van der Waals surface area contributed by atoms with E-state index in [2.05, 4.69) is 26.6 Å². The Hall–Kier alpha value is -6.16. The number of carbonyl (C=O) groups excluding carboxylic acids is 5. The number of aliphatic hydroxyl groups excluding tert-OH is 1. The van der Waals surface area contributed by atoms with E-state index in [1.165, 1.54) is 34.8 Å². The molecule has 5 amide bonds. The molecule has 294 valence electrons. The van der Waals surface area contributed by atoms with Crippen molar-refractivity contribution in [3.05, 3.63) is 135 Å². The highest BCUT2D eigenvalue weighted by Crippen LogP contribution is 2.21. The molecule has 7 rings (SSSR count). The molecule has 3 aromatic carbocycles. The topological polar surface area (TPSA) is 203 Å². The number of hydrogen-bond acceptors (Lipinski definition) is 9. The van der Waals surface area contributed by atoms with Crippen LogP contribution < -0.4 is 26.6 Å². The molecule has 2 aromatic heterocycles. The number of nitrogens with one attached hydrogen (secondary N) is 5. The largest absolute Gasteiger partial charge is 0.480 e. The number of carboxylic acids is 1. The van der Waals surface area contributed by atoms with E-state index in [9.17, 15) is 39.0 Å². The maximum Gasteiger partial charge on any atom is 0.326 e. The number of benzene rings is 3. The summed E-state index contributed by atoms with van der Waals surface area (Å²) in [5.41, 5.74) is 3.40. The first kappa shape index (κ1) is 40.5. The summed E-state index contributed by atoms with van der Waals surface area (Å²) in [5.74, 6) is -5.12. The molecule has 0 saturated heterocycles. The molecule has 15 heteroatoms. The standard InChI is InChI=1S/C42H41N5O8S2/c48-36-24-37(49)44-33(22-30-8-4-18-56-30)39(51)45-32(20-25-10-14-28(15-11-25)27-6-2-1-3-7-27)38(50)46-34(23-31-9-5-19-57-31)40(52)47-35(42(54)55)21-26-12-16-29(17-13-26)43-41(36)53/h1-19,32-36,48H,20-24H2,(H,43,53)(H,44,49)(H,45,51)(H,46,50)(H,47,52)(H,54,55). The van der Waals surface area contributed by atoms with Crippen LogP contribution >= 0.6 is 22.7 Å². The van der Waals surface area contributed by atoms with Crippen LogP contribution in [0.2, 0.25) is 0 Å².